The highest BCUT2D eigenvalue weighted by atomic mass is 16.1. The Kier molecular flexibility index (Phi) is 4.04. The van der Waals surface area contributed by atoms with Gasteiger partial charge in [0.2, 0.25) is 0 Å². The molecule has 4 nitrogen and oxygen atoms in total. The van der Waals surface area contributed by atoms with Crippen LogP contribution in [-0.2, 0) is 26.3 Å². The first-order valence-corrected chi connectivity index (χ1v) is 7.62. The van der Waals surface area contributed by atoms with Crippen LogP contribution in [0, 0.1) is 0 Å². The average Bonchev–Trinajstić information content (AvgIpc) is 3.09. The van der Waals surface area contributed by atoms with Crippen LogP contribution in [0.25, 0.3) is 0 Å². The monoisotopic (exact) mass is 283 g/mol. The lowest BCUT2D eigenvalue weighted by atomic mass is 10.1. The second-order valence-corrected chi connectivity index (χ2v) is 5.60. The summed E-state index contributed by atoms with van der Waals surface area (Å²) in [6.07, 6.45) is 5.09. The van der Waals surface area contributed by atoms with Gasteiger partial charge in [-0.1, -0.05) is 30.3 Å². The van der Waals surface area contributed by atoms with Crippen molar-refractivity contribution in [1.82, 2.24) is 15.1 Å². The van der Waals surface area contributed by atoms with E-state index < -0.39 is 0 Å². The topological polar surface area (TPSA) is 46.9 Å². The lowest BCUT2D eigenvalue weighted by Gasteiger charge is -2.04. The van der Waals surface area contributed by atoms with E-state index in [1.54, 1.807) is 0 Å². The van der Waals surface area contributed by atoms with E-state index in [0.29, 0.717) is 12.2 Å². The first-order chi connectivity index (χ1) is 10.3. The number of hydrogen-bond acceptors (Lipinski definition) is 2. The van der Waals surface area contributed by atoms with Crippen molar-refractivity contribution in [3.8, 4) is 0 Å². The maximum atomic E-state index is 12.2. The fourth-order valence-corrected chi connectivity index (χ4v) is 3.02. The number of rotatable bonds is 5. The molecule has 1 aromatic heterocycles. The predicted octanol–water partition coefficient (Wildman–Crippen LogP) is 2.27. The van der Waals surface area contributed by atoms with Gasteiger partial charge in [-0.3, -0.25) is 9.48 Å². The molecule has 110 valence electrons. The summed E-state index contributed by atoms with van der Waals surface area (Å²) in [6.45, 7) is 0.694. The summed E-state index contributed by atoms with van der Waals surface area (Å²) in [4.78, 5) is 12.2. The van der Waals surface area contributed by atoms with Gasteiger partial charge in [0.15, 0.2) is 5.69 Å². The zero-order valence-electron chi connectivity index (χ0n) is 12.4. The molecule has 0 saturated carbocycles. The smallest absolute Gasteiger partial charge is 0.272 e. The van der Waals surface area contributed by atoms with E-state index in [1.165, 1.54) is 11.3 Å². The molecule has 0 unspecified atom stereocenters. The summed E-state index contributed by atoms with van der Waals surface area (Å²) in [5.74, 6) is -0.0261. The van der Waals surface area contributed by atoms with Crippen LogP contribution in [0.15, 0.2) is 30.3 Å². The van der Waals surface area contributed by atoms with Crippen molar-refractivity contribution in [2.24, 2.45) is 7.05 Å². The number of carbonyl (C=O) groups is 1. The Morgan fingerprint density at radius 3 is 2.90 bits per heavy atom. The third-order valence-electron chi connectivity index (χ3n) is 4.10. The van der Waals surface area contributed by atoms with E-state index in [9.17, 15) is 4.79 Å². The van der Waals surface area contributed by atoms with Gasteiger partial charge < -0.3 is 5.32 Å². The number of aryl methyl sites for hydroxylation is 2. The lowest BCUT2D eigenvalue weighted by molar-refractivity contribution is 0.0946. The molecule has 4 heteroatoms. The predicted molar refractivity (Wildman–Crippen MR) is 82.3 cm³/mol. The van der Waals surface area contributed by atoms with Crippen LogP contribution in [0.5, 0.6) is 0 Å². The van der Waals surface area contributed by atoms with Crippen molar-refractivity contribution in [2.75, 3.05) is 6.54 Å². The maximum Gasteiger partial charge on any atom is 0.272 e. The summed E-state index contributed by atoms with van der Waals surface area (Å²) < 4.78 is 1.86. The second-order valence-electron chi connectivity index (χ2n) is 5.60. The molecule has 0 bridgehead atoms. The second kappa shape index (κ2) is 6.12. The van der Waals surface area contributed by atoms with E-state index >= 15 is 0 Å². The van der Waals surface area contributed by atoms with Crippen LogP contribution < -0.4 is 5.32 Å². The van der Waals surface area contributed by atoms with Gasteiger partial charge in [0, 0.05) is 24.8 Å². The van der Waals surface area contributed by atoms with Crippen molar-refractivity contribution in [2.45, 2.75) is 32.1 Å². The first-order valence-electron chi connectivity index (χ1n) is 7.62. The van der Waals surface area contributed by atoms with Crippen LogP contribution in [0.1, 0.15) is 40.2 Å². The van der Waals surface area contributed by atoms with E-state index in [-0.39, 0.29) is 5.91 Å². The molecule has 0 spiro atoms. The van der Waals surface area contributed by atoms with Gasteiger partial charge >= 0.3 is 0 Å². The number of nitrogens with zero attached hydrogens (tertiary/aromatic N) is 2. The van der Waals surface area contributed by atoms with Crippen LogP contribution >= 0.6 is 0 Å². The molecule has 1 heterocycles. The molecule has 0 radical (unpaired) electrons. The van der Waals surface area contributed by atoms with Crippen LogP contribution in [0.3, 0.4) is 0 Å². The quantitative estimate of drug-likeness (QED) is 0.856. The van der Waals surface area contributed by atoms with E-state index in [2.05, 4.69) is 22.5 Å². The Bertz CT molecular complexity index is 631. The van der Waals surface area contributed by atoms with Crippen molar-refractivity contribution in [3.05, 3.63) is 52.8 Å². The SMILES string of the molecule is Cn1nc(C(=O)NCCCc2ccccc2)c2c1CCC2. The first kappa shape index (κ1) is 13.9. The molecule has 3 rings (SSSR count). The zero-order chi connectivity index (χ0) is 14.7. The number of carbonyl (C=O) groups excluding carboxylic acids is 1. The normalized spacial score (nSPS) is 13.2. The standard InChI is InChI=1S/C17H21N3O/c1-20-15-11-5-10-14(15)16(19-20)17(21)18-12-6-9-13-7-3-2-4-8-13/h2-4,7-8H,5-6,9-12H2,1H3,(H,18,21). The summed E-state index contributed by atoms with van der Waals surface area (Å²) >= 11 is 0. The Balaban J connectivity index is 1.52. The lowest BCUT2D eigenvalue weighted by Crippen LogP contribution is -2.26. The Morgan fingerprint density at radius 1 is 1.29 bits per heavy atom. The molecule has 21 heavy (non-hydrogen) atoms. The molecule has 2 aromatic rings. The Morgan fingerprint density at radius 2 is 2.10 bits per heavy atom. The average molecular weight is 283 g/mol. The highest BCUT2D eigenvalue weighted by Gasteiger charge is 2.24. The van der Waals surface area contributed by atoms with Gasteiger partial charge in [-0.05, 0) is 37.7 Å². The van der Waals surface area contributed by atoms with Crippen LogP contribution in [-0.4, -0.2) is 22.2 Å². The number of hydrogen-bond donors (Lipinski definition) is 1. The summed E-state index contributed by atoms with van der Waals surface area (Å²) in [7, 11) is 1.93. The van der Waals surface area contributed by atoms with E-state index in [1.807, 2.05) is 29.9 Å². The van der Waals surface area contributed by atoms with Gasteiger partial charge in [0.25, 0.3) is 5.91 Å². The van der Waals surface area contributed by atoms with Gasteiger partial charge in [0.1, 0.15) is 0 Å². The van der Waals surface area contributed by atoms with Crippen LogP contribution in [0.4, 0.5) is 0 Å². The zero-order valence-corrected chi connectivity index (χ0v) is 12.4. The Labute approximate surface area is 125 Å². The summed E-state index contributed by atoms with van der Waals surface area (Å²) in [6, 6.07) is 10.4. The number of benzene rings is 1. The van der Waals surface area contributed by atoms with Gasteiger partial charge in [-0.2, -0.15) is 5.10 Å². The van der Waals surface area contributed by atoms with Gasteiger partial charge in [-0.15, -0.1) is 0 Å². The fourth-order valence-electron chi connectivity index (χ4n) is 3.02. The van der Waals surface area contributed by atoms with Gasteiger partial charge in [-0.25, -0.2) is 0 Å². The third kappa shape index (κ3) is 2.99. The van der Waals surface area contributed by atoms with Crippen molar-refractivity contribution in [1.29, 1.82) is 0 Å². The molecular formula is C17H21N3O. The highest BCUT2D eigenvalue weighted by molar-refractivity contribution is 5.94. The molecule has 0 saturated heterocycles. The molecule has 0 aliphatic heterocycles. The molecule has 0 atom stereocenters. The minimum atomic E-state index is -0.0261. The molecule has 1 aliphatic rings. The highest BCUT2D eigenvalue weighted by Crippen LogP contribution is 2.24. The van der Waals surface area contributed by atoms with E-state index in [0.717, 1.165) is 37.7 Å². The molecule has 1 aliphatic carbocycles. The van der Waals surface area contributed by atoms with Gasteiger partial charge in [0.05, 0.1) is 0 Å². The fraction of sp³-hybridized carbons (Fsp3) is 0.412. The van der Waals surface area contributed by atoms with Crippen molar-refractivity contribution < 1.29 is 4.79 Å². The summed E-state index contributed by atoms with van der Waals surface area (Å²) in [5.41, 5.74) is 4.32. The minimum absolute atomic E-state index is 0.0261. The number of aromatic nitrogens is 2. The minimum Gasteiger partial charge on any atom is -0.351 e. The number of nitrogens with one attached hydrogen (secondary N) is 1. The van der Waals surface area contributed by atoms with Crippen molar-refractivity contribution >= 4 is 5.91 Å². The Hall–Kier alpha value is -2.10. The molecule has 1 aromatic carbocycles. The van der Waals surface area contributed by atoms with E-state index in [4.69, 9.17) is 0 Å². The third-order valence-corrected chi connectivity index (χ3v) is 4.10. The molecular weight excluding hydrogens is 262 g/mol. The number of fused-ring (bicyclic) bond motifs is 1. The van der Waals surface area contributed by atoms with Crippen molar-refractivity contribution in [3.63, 3.8) is 0 Å². The molecule has 1 amide bonds. The summed E-state index contributed by atoms with van der Waals surface area (Å²) in [5, 5.41) is 7.37. The molecule has 1 N–H and O–H groups in total. The van der Waals surface area contributed by atoms with Crippen LogP contribution in [0.2, 0.25) is 0 Å². The molecule has 0 fully saturated rings. The largest absolute Gasteiger partial charge is 0.351 e. The maximum absolute atomic E-state index is 12.2. The number of amides is 1.